The van der Waals surface area contributed by atoms with Crippen LogP contribution in [-0.4, -0.2) is 40.3 Å². The van der Waals surface area contributed by atoms with E-state index in [1.807, 2.05) is 0 Å². The first-order valence-corrected chi connectivity index (χ1v) is 13.0. The Bertz CT molecular complexity index is 1330. The number of hydrogen-bond acceptors (Lipinski definition) is 5. The number of sulfone groups is 2. The third kappa shape index (κ3) is 5.37. The van der Waals surface area contributed by atoms with E-state index in [1.54, 1.807) is 0 Å². The second kappa shape index (κ2) is 8.56. The lowest BCUT2D eigenvalue weighted by atomic mass is 9.92. The van der Waals surface area contributed by atoms with Crippen molar-refractivity contribution >= 4 is 25.6 Å². The minimum absolute atomic E-state index is 0.167. The van der Waals surface area contributed by atoms with Crippen molar-refractivity contribution in [3.63, 3.8) is 0 Å². The van der Waals surface area contributed by atoms with Crippen LogP contribution in [0.25, 0.3) is 0 Å². The molecule has 0 saturated heterocycles. The van der Waals surface area contributed by atoms with Gasteiger partial charge in [-0.1, -0.05) is 6.07 Å². The second-order valence-corrected chi connectivity index (χ2v) is 12.0. The van der Waals surface area contributed by atoms with E-state index < -0.39 is 75.7 Å². The summed E-state index contributed by atoms with van der Waals surface area (Å²) in [6, 6.07) is 4.06. The first kappa shape index (κ1) is 26.0. The van der Waals surface area contributed by atoms with Crippen molar-refractivity contribution in [3.8, 4) is 0 Å². The van der Waals surface area contributed by atoms with E-state index in [9.17, 15) is 48.0 Å². The third-order valence-electron chi connectivity index (χ3n) is 5.31. The highest BCUT2D eigenvalue weighted by molar-refractivity contribution is 7.92. The fourth-order valence-electron chi connectivity index (χ4n) is 3.43. The molecule has 3 rings (SSSR count). The lowest BCUT2D eigenvalue weighted by Crippen LogP contribution is -2.49. The summed E-state index contributed by atoms with van der Waals surface area (Å²) in [6.45, 7) is 0. The molecule has 1 amide bonds. The molecule has 1 saturated carbocycles. The molecule has 1 fully saturated rings. The molecular weight excluding hydrogens is 512 g/mol. The predicted molar refractivity (Wildman–Crippen MR) is 107 cm³/mol. The van der Waals surface area contributed by atoms with Gasteiger partial charge in [0.15, 0.2) is 19.7 Å². The molecule has 1 aliphatic carbocycles. The zero-order valence-electron chi connectivity index (χ0n) is 17.2. The molecule has 0 atom stereocenters. The Hall–Kier alpha value is -2.61. The van der Waals surface area contributed by atoms with Gasteiger partial charge in [-0.3, -0.25) is 4.79 Å². The van der Waals surface area contributed by atoms with Gasteiger partial charge in [-0.25, -0.2) is 16.8 Å². The van der Waals surface area contributed by atoms with Crippen LogP contribution in [0.3, 0.4) is 0 Å². The van der Waals surface area contributed by atoms with Crippen LogP contribution in [-0.2, 0) is 32.0 Å². The zero-order valence-corrected chi connectivity index (χ0v) is 18.9. The quantitative estimate of drug-likeness (QED) is 0.594. The molecule has 6 nitrogen and oxygen atoms in total. The van der Waals surface area contributed by atoms with Gasteiger partial charge >= 0.3 is 12.4 Å². The molecule has 0 spiro atoms. The molecular formula is C20H17F6NO5S2. The summed E-state index contributed by atoms with van der Waals surface area (Å²) < 4.78 is 127. The lowest BCUT2D eigenvalue weighted by molar-refractivity contribution is -0.138. The Morgan fingerprint density at radius 2 is 1.44 bits per heavy atom. The SMILES string of the molecule is CS(=O)(=O)c1cc(C(F)(F)F)ccc1C(=O)NC1CC(S(=O)(=O)c2cccc(C(F)(F)F)c2)C1. The van der Waals surface area contributed by atoms with Crippen molar-refractivity contribution in [2.75, 3.05) is 6.26 Å². The molecule has 0 bridgehead atoms. The molecule has 186 valence electrons. The predicted octanol–water partition coefficient (Wildman–Crippen LogP) is 3.86. The first-order valence-electron chi connectivity index (χ1n) is 9.54. The van der Waals surface area contributed by atoms with Crippen molar-refractivity contribution < 1.29 is 48.0 Å². The number of halogens is 6. The Labute approximate surface area is 190 Å². The minimum atomic E-state index is -4.84. The molecule has 34 heavy (non-hydrogen) atoms. The molecule has 0 aromatic heterocycles. The van der Waals surface area contributed by atoms with Crippen molar-refractivity contribution in [3.05, 3.63) is 59.2 Å². The summed E-state index contributed by atoms with van der Waals surface area (Å²) in [6.07, 6.45) is -9.27. The minimum Gasteiger partial charge on any atom is -0.349 e. The van der Waals surface area contributed by atoms with Gasteiger partial charge in [-0.15, -0.1) is 0 Å². The molecule has 0 radical (unpaired) electrons. The third-order valence-corrected chi connectivity index (χ3v) is 8.62. The van der Waals surface area contributed by atoms with Crippen LogP contribution >= 0.6 is 0 Å². The van der Waals surface area contributed by atoms with Gasteiger partial charge in [0.25, 0.3) is 5.91 Å². The highest BCUT2D eigenvalue weighted by Crippen LogP contribution is 2.36. The van der Waals surface area contributed by atoms with E-state index in [-0.39, 0.29) is 12.8 Å². The number of carbonyl (C=O) groups is 1. The van der Waals surface area contributed by atoms with Gasteiger partial charge in [-0.2, -0.15) is 26.3 Å². The molecule has 2 aromatic carbocycles. The summed E-state index contributed by atoms with van der Waals surface area (Å²) in [4.78, 5) is 11.2. The van der Waals surface area contributed by atoms with Gasteiger partial charge in [0.1, 0.15) is 0 Å². The smallest absolute Gasteiger partial charge is 0.349 e. The van der Waals surface area contributed by atoms with Crippen molar-refractivity contribution in [2.24, 2.45) is 0 Å². The Morgan fingerprint density at radius 1 is 0.882 bits per heavy atom. The molecule has 0 aliphatic heterocycles. The second-order valence-electron chi connectivity index (χ2n) is 7.82. The fourth-order valence-corrected chi connectivity index (χ4v) is 6.25. The van der Waals surface area contributed by atoms with Gasteiger partial charge in [0.2, 0.25) is 0 Å². The van der Waals surface area contributed by atoms with Crippen LogP contribution in [0.1, 0.15) is 34.3 Å². The number of carbonyl (C=O) groups excluding carboxylic acids is 1. The summed E-state index contributed by atoms with van der Waals surface area (Å²) in [5.41, 5.74) is -2.94. The number of nitrogens with one attached hydrogen (secondary N) is 1. The normalized spacial score (nSPS) is 19.4. The summed E-state index contributed by atoms with van der Waals surface area (Å²) in [7, 11) is -8.36. The van der Waals surface area contributed by atoms with Gasteiger partial charge in [-0.05, 0) is 49.2 Å². The molecule has 14 heteroatoms. The maximum absolute atomic E-state index is 12.9. The van der Waals surface area contributed by atoms with Gasteiger partial charge < -0.3 is 5.32 Å². The van der Waals surface area contributed by atoms with Crippen LogP contribution in [0, 0.1) is 0 Å². The highest BCUT2D eigenvalue weighted by Gasteiger charge is 2.42. The van der Waals surface area contributed by atoms with Crippen LogP contribution in [0.5, 0.6) is 0 Å². The van der Waals surface area contributed by atoms with Crippen LogP contribution in [0.4, 0.5) is 26.3 Å². The van der Waals surface area contributed by atoms with Crippen molar-refractivity contribution in [1.82, 2.24) is 5.32 Å². The number of amides is 1. The largest absolute Gasteiger partial charge is 0.416 e. The van der Waals surface area contributed by atoms with Crippen LogP contribution < -0.4 is 5.32 Å². The fraction of sp³-hybridized carbons (Fsp3) is 0.350. The average molecular weight is 529 g/mol. The monoisotopic (exact) mass is 529 g/mol. The average Bonchev–Trinajstić information content (AvgIpc) is 2.67. The van der Waals surface area contributed by atoms with E-state index in [2.05, 4.69) is 5.32 Å². The summed E-state index contributed by atoms with van der Waals surface area (Å²) >= 11 is 0. The van der Waals surface area contributed by atoms with E-state index in [0.717, 1.165) is 18.2 Å². The Balaban J connectivity index is 1.75. The van der Waals surface area contributed by atoms with E-state index in [4.69, 9.17) is 0 Å². The van der Waals surface area contributed by atoms with Crippen LogP contribution in [0.2, 0.25) is 0 Å². The lowest BCUT2D eigenvalue weighted by Gasteiger charge is -2.35. The Kier molecular flexibility index (Phi) is 6.54. The van der Waals surface area contributed by atoms with E-state index >= 15 is 0 Å². The molecule has 2 aromatic rings. The molecule has 0 heterocycles. The van der Waals surface area contributed by atoms with E-state index in [0.29, 0.717) is 30.5 Å². The molecule has 1 aliphatic rings. The number of alkyl halides is 6. The van der Waals surface area contributed by atoms with Gasteiger partial charge in [0.05, 0.1) is 31.7 Å². The zero-order chi connectivity index (χ0) is 25.7. The number of rotatable bonds is 5. The Morgan fingerprint density at radius 3 is 1.97 bits per heavy atom. The maximum Gasteiger partial charge on any atom is 0.416 e. The topological polar surface area (TPSA) is 97.4 Å². The first-order chi connectivity index (χ1) is 15.4. The summed E-state index contributed by atoms with van der Waals surface area (Å²) in [5, 5.41) is 1.27. The summed E-state index contributed by atoms with van der Waals surface area (Å²) in [5.74, 6) is -1.02. The van der Waals surface area contributed by atoms with Crippen molar-refractivity contribution in [2.45, 2.75) is 46.3 Å². The van der Waals surface area contributed by atoms with Crippen LogP contribution in [0.15, 0.2) is 52.3 Å². The van der Waals surface area contributed by atoms with E-state index in [1.165, 1.54) is 0 Å². The molecule has 0 unspecified atom stereocenters. The molecule has 1 N–H and O–H groups in total. The van der Waals surface area contributed by atoms with Gasteiger partial charge in [0, 0.05) is 12.3 Å². The maximum atomic E-state index is 12.9. The number of hydrogen-bond donors (Lipinski definition) is 1. The highest BCUT2D eigenvalue weighted by atomic mass is 32.2. The number of benzene rings is 2. The van der Waals surface area contributed by atoms with Crippen molar-refractivity contribution in [1.29, 1.82) is 0 Å². The standard InChI is InChI=1S/C20H17F6NO5S2/c1-33(29,30)17-8-12(20(24,25)26)5-6-16(17)18(28)27-13-9-15(10-13)34(31,32)14-4-2-3-11(7-14)19(21,22)23/h2-8,13,15H,9-10H2,1H3,(H,27,28).